The Morgan fingerprint density at radius 2 is 1.38 bits per heavy atom. The molecule has 3 aromatic carbocycles. The third-order valence-electron chi connectivity index (χ3n) is 4.93. The Kier molecular flexibility index (Phi) is 7.65. The van der Waals surface area contributed by atoms with E-state index in [0.29, 0.717) is 24.0 Å². The van der Waals surface area contributed by atoms with Crippen molar-refractivity contribution < 1.29 is 22.8 Å². The van der Waals surface area contributed by atoms with E-state index >= 15 is 0 Å². The van der Waals surface area contributed by atoms with Crippen molar-refractivity contribution in [1.82, 2.24) is 10.6 Å². The van der Waals surface area contributed by atoms with Crippen LogP contribution in [0.1, 0.15) is 27.0 Å². The minimum absolute atomic E-state index is 0.233. The zero-order chi connectivity index (χ0) is 23.0. The van der Waals surface area contributed by atoms with E-state index in [4.69, 9.17) is 0 Å². The summed E-state index contributed by atoms with van der Waals surface area (Å²) in [6, 6.07) is 22.0. The van der Waals surface area contributed by atoms with Gasteiger partial charge in [0, 0.05) is 18.5 Å². The molecule has 166 valence electrons. The fourth-order valence-electron chi connectivity index (χ4n) is 3.20. The molecule has 3 rings (SSSR count). The normalized spacial score (nSPS) is 12.1. The number of halogens is 3. The number of nitrogens with one attached hydrogen (secondary N) is 2. The standard InChI is InChI=1S/C25H23F3N2O2/c26-25(27,28)21-13-11-18(12-14-21)15-16-29-24(32)22(17-19-7-3-1-4-8-19)30-23(31)20-9-5-2-6-10-20/h1-14,22H,15-17H2,(H,29,32)(H,30,31). The lowest BCUT2D eigenvalue weighted by atomic mass is 10.0. The predicted molar refractivity (Wildman–Crippen MR) is 116 cm³/mol. The molecule has 0 saturated heterocycles. The van der Waals surface area contributed by atoms with Crippen molar-refractivity contribution in [2.45, 2.75) is 25.1 Å². The van der Waals surface area contributed by atoms with Gasteiger partial charge in [0.05, 0.1) is 5.56 Å². The second kappa shape index (κ2) is 10.6. The van der Waals surface area contributed by atoms with Crippen LogP contribution >= 0.6 is 0 Å². The van der Waals surface area contributed by atoms with Crippen LogP contribution in [0.4, 0.5) is 13.2 Å². The molecule has 0 aliphatic rings. The maximum absolute atomic E-state index is 12.8. The van der Waals surface area contributed by atoms with Crippen LogP contribution in [-0.2, 0) is 23.8 Å². The molecule has 0 fully saturated rings. The van der Waals surface area contributed by atoms with Crippen molar-refractivity contribution in [3.05, 3.63) is 107 Å². The second-order valence-electron chi connectivity index (χ2n) is 7.32. The predicted octanol–water partition coefficient (Wildman–Crippen LogP) is 4.41. The van der Waals surface area contributed by atoms with Crippen molar-refractivity contribution in [1.29, 1.82) is 0 Å². The average Bonchev–Trinajstić information content (AvgIpc) is 2.79. The van der Waals surface area contributed by atoms with Gasteiger partial charge in [0.15, 0.2) is 0 Å². The van der Waals surface area contributed by atoms with Crippen LogP contribution in [0.15, 0.2) is 84.9 Å². The first-order valence-corrected chi connectivity index (χ1v) is 10.2. The summed E-state index contributed by atoms with van der Waals surface area (Å²) in [6.45, 7) is 0.233. The van der Waals surface area contributed by atoms with Gasteiger partial charge in [-0.3, -0.25) is 9.59 Å². The Morgan fingerprint density at radius 1 is 0.781 bits per heavy atom. The summed E-state index contributed by atoms with van der Waals surface area (Å²) >= 11 is 0. The van der Waals surface area contributed by atoms with Crippen LogP contribution in [-0.4, -0.2) is 24.4 Å². The molecule has 4 nitrogen and oxygen atoms in total. The Labute approximate surface area is 184 Å². The lowest BCUT2D eigenvalue weighted by Crippen LogP contribution is -2.48. The molecule has 0 spiro atoms. The van der Waals surface area contributed by atoms with Crippen molar-refractivity contribution in [3.8, 4) is 0 Å². The first-order valence-electron chi connectivity index (χ1n) is 10.2. The summed E-state index contributed by atoms with van der Waals surface area (Å²) in [4.78, 5) is 25.4. The highest BCUT2D eigenvalue weighted by Crippen LogP contribution is 2.29. The average molecular weight is 440 g/mol. The summed E-state index contributed by atoms with van der Waals surface area (Å²) in [6.07, 6.45) is -3.70. The van der Waals surface area contributed by atoms with Gasteiger partial charge in [0.2, 0.25) is 5.91 Å². The van der Waals surface area contributed by atoms with Gasteiger partial charge >= 0.3 is 6.18 Å². The third-order valence-corrected chi connectivity index (χ3v) is 4.93. The molecule has 0 bridgehead atoms. The molecule has 0 saturated carbocycles. The highest BCUT2D eigenvalue weighted by Gasteiger charge is 2.30. The van der Waals surface area contributed by atoms with Gasteiger partial charge in [-0.2, -0.15) is 13.2 Å². The fraction of sp³-hybridized carbons (Fsp3) is 0.200. The number of carbonyl (C=O) groups is 2. The highest BCUT2D eigenvalue weighted by molar-refractivity contribution is 5.97. The maximum atomic E-state index is 12.8. The third kappa shape index (κ3) is 6.70. The van der Waals surface area contributed by atoms with Crippen LogP contribution in [0.5, 0.6) is 0 Å². The molecule has 2 amide bonds. The SMILES string of the molecule is O=C(NC(Cc1ccccc1)C(=O)NCCc1ccc(C(F)(F)F)cc1)c1ccccc1. The summed E-state index contributed by atoms with van der Waals surface area (Å²) in [5.74, 6) is -0.713. The molecule has 0 radical (unpaired) electrons. The molecule has 0 aliphatic heterocycles. The molecule has 2 N–H and O–H groups in total. The quantitative estimate of drug-likeness (QED) is 0.545. The molecule has 1 unspecified atom stereocenters. The topological polar surface area (TPSA) is 58.2 Å². The van der Waals surface area contributed by atoms with Gasteiger partial charge in [0.1, 0.15) is 6.04 Å². The van der Waals surface area contributed by atoms with E-state index in [-0.39, 0.29) is 18.4 Å². The molecule has 1 atom stereocenters. The molecule has 32 heavy (non-hydrogen) atoms. The summed E-state index contributed by atoms with van der Waals surface area (Å²) in [7, 11) is 0. The zero-order valence-electron chi connectivity index (χ0n) is 17.2. The number of hydrogen-bond acceptors (Lipinski definition) is 2. The van der Waals surface area contributed by atoms with Crippen LogP contribution in [0.25, 0.3) is 0 Å². The maximum Gasteiger partial charge on any atom is 0.416 e. The molecule has 7 heteroatoms. The van der Waals surface area contributed by atoms with E-state index in [1.54, 1.807) is 30.3 Å². The Bertz CT molecular complexity index is 1020. The molecule has 0 aromatic heterocycles. The first kappa shape index (κ1) is 23.1. The molecule has 3 aromatic rings. The van der Waals surface area contributed by atoms with Gasteiger partial charge in [0.25, 0.3) is 5.91 Å². The van der Waals surface area contributed by atoms with Crippen molar-refractivity contribution in [2.24, 2.45) is 0 Å². The number of amides is 2. The first-order chi connectivity index (χ1) is 15.3. The monoisotopic (exact) mass is 440 g/mol. The van der Waals surface area contributed by atoms with E-state index < -0.39 is 17.8 Å². The number of carbonyl (C=O) groups excluding carboxylic acids is 2. The lowest BCUT2D eigenvalue weighted by molar-refractivity contribution is -0.137. The van der Waals surface area contributed by atoms with Crippen molar-refractivity contribution in [2.75, 3.05) is 6.54 Å². The van der Waals surface area contributed by atoms with Crippen LogP contribution < -0.4 is 10.6 Å². The van der Waals surface area contributed by atoms with Crippen molar-refractivity contribution in [3.63, 3.8) is 0 Å². The minimum atomic E-state index is -4.38. The Morgan fingerprint density at radius 3 is 1.97 bits per heavy atom. The van der Waals surface area contributed by atoms with Gasteiger partial charge in [-0.25, -0.2) is 0 Å². The van der Waals surface area contributed by atoms with E-state index in [1.165, 1.54) is 12.1 Å². The number of benzene rings is 3. The van der Waals surface area contributed by atoms with Gasteiger partial charge < -0.3 is 10.6 Å². The van der Waals surface area contributed by atoms with Crippen LogP contribution in [0.2, 0.25) is 0 Å². The van der Waals surface area contributed by atoms with Crippen LogP contribution in [0.3, 0.4) is 0 Å². The fourth-order valence-corrected chi connectivity index (χ4v) is 3.20. The van der Waals surface area contributed by atoms with E-state index in [0.717, 1.165) is 17.7 Å². The lowest BCUT2D eigenvalue weighted by Gasteiger charge is -2.19. The summed E-state index contributed by atoms with van der Waals surface area (Å²) in [5.41, 5.74) is 1.30. The molecular formula is C25H23F3N2O2. The second-order valence-corrected chi connectivity index (χ2v) is 7.32. The van der Waals surface area contributed by atoms with Gasteiger partial charge in [-0.15, -0.1) is 0 Å². The molecule has 0 heterocycles. The smallest absolute Gasteiger partial charge is 0.354 e. The molecular weight excluding hydrogens is 417 g/mol. The van der Waals surface area contributed by atoms with E-state index in [2.05, 4.69) is 10.6 Å². The highest BCUT2D eigenvalue weighted by atomic mass is 19.4. The summed E-state index contributed by atoms with van der Waals surface area (Å²) in [5, 5.41) is 5.56. The largest absolute Gasteiger partial charge is 0.416 e. The molecule has 0 aliphatic carbocycles. The Hall–Kier alpha value is -3.61. The number of rotatable bonds is 8. The van der Waals surface area contributed by atoms with Crippen LogP contribution in [0, 0.1) is 0 Å². The zero-order valence-corrected chi connectivity index (χ0v) is 17.2. The minimum Gasteiger partial charge on any atom is -0.354 e. The van der Waals surface area contributed by atoms with E-state index in [1.807, 2.05) is 30.3 Å². The van der Waals surface area contributed by atoms with Gasteiger partial charge in [-0.1, -0.05) is 60.7 Å². The van der Waals surface area contributed by atoms with E-state index in [9.17, 15) is 22.8 Å². The van der Waals surface area contributed by atoms with Gasteiger partial charge in [-0.05, 0) is 41.8 Å². The Balaban J connectivity index is 1.62. The number of hydrogen-bond donors (Lipinski definition) is 2. The summed E-state index contributed by atoms with van der Waals surface area (Å²) < 4.78 is 38.0. The van der Waals surface area contributed by atoms with Crippen molar-refractivity contribution >= 4 is 11.8 Å². The number of alkyl halides is 3.